The maximum atomic E-state index is 12.5. The minimum atomic E-state index is -2.53. The molecule has 2 N–H and O–H groups in total. The molecular weight excluding hydrogens is 306 g/mol. The minimum Gasteiger partial charge on any atom is -0.331 e. The molecule has 116 valence electrons. The van der Waals surface area contributed by atoms with Crippen LogP contribution in [-0.4, -0.2) is 11.8 Å². The van der Waals surface area contributed by atoms with Gasteiger partial charge in [-0.25, -0.2) is 4.79 Å². The summed E-state index contributed by atoms with van der Waals surface area (Å²) >= 11 is 0.406. The third kappa shape index (κ3) is 4.73. The first-order chi connectivity index (χ1) is 10.6. The number of hydrogen-bond acceptors (Lipinski definition) is 2. The molecule has 0 heterocycles. The summed E-state index contributed by atoms with van der Waals surface area (Å²) in [7, 11) is 0. The number of halogens is 2. The summed E-state index contributed by atoms with van der Waals surface area (Å²) in [5.41, 5.74) is 1.33. The number of anilines is 1. The van der Waals surface area contributed by atoms with Crippen LogP contribution in [0.15, 0.2) is 59.5 Å². The fraction of sp³-hybridized carbons (Fsp3) is 0.188. The molecule has 0 saturated heterocycles. The first-order valence-corrected chi connectivity index (χ1v) is 7.60. The molecule has 0 aliphatic carbocycles. The Morgan fingerprint density at radius 3 is 2.36 bits per heavy atom. The average molecular weight is 322 g/mol. The molecule has 3 nitrogen and oxygen atoms in total. The van der Waals surface area contributed by atoms with E-state index in [2.05, 4.69) is 10.6 Å². The van der Waals surface area contributed by atoms with E-state index in [0.29, 0.717) is 22.3 Å². The Hall–Kier alpha value is -2.08. The number of hydrogen-bond donors (Lipinski definition) is 2. The summed E-state index contributed by atoms with van der Waals surface area (Å²) in [6.07, 6.45) is 0. The zero-order valence-corrected chi connectivity index (χ0v) is 12.7. The molecule has 2 amide bonds. The van der Waals surface area contributed by atoms with Crippen molar-refractivity contribution in [3.8, 4) is 0 Å². The lowest BCUT2D eigenvalue weighted by atomic mass is 10.1. The highest BCUT2D eigenvalue weighted by Gasteiger charge is 2.13. The molecule has 1 atom stereocenters. The highest BCUT2D eigenvalue weighted by molar-refractivity contribution is 7.99. The third-order valence-corrected chi connectivity index (χ3v) is 3.79. The molecule has 2 aromatic carbocycles. The summed E-state index contributed by atoms with van der Waals surface area (Å²) < 4.78 is 25.0. The second-order valence-corrected chi connectivity index (χ2v) is 5.64. The van der Waals surface area contributed by atoms with Crippen molar-refractivity contribution in [1.82, 2.24) is 5.32 Å². The van der Waals surface area contributed by atoms with Crippen LogP contribution in [0.4, 0.5) is 19.3 Å². The Morgan fingerprint density at radius 2 is 1.68 bits per heavy atom. The molecule has 1 unspecified atom stereocenters. The van der Waals surface area contributed by atoms with Gasteiger partial charge in [-0.05, 0) is 24.6 Å². The van der Waals surface area contributed by atoms with Gasteiger partial charge in [0.25, 0.3) is 5.76 Å². The average Bonchev–Trinajstić information content (AvgIpc) is 2.49. The number of thioether (sulfide) groups is 1. The summed E-state index contributed by atoms with van der Waals surface area (Å²) in [6.45, 7) is 1.86. The Morgan fingerprint density at radius 1 is 1.05 bits per heavy atom. The van der Waals surface area contributed by atoms with E-state index in [4.69, 9.17) is 0 Å². The van der Waals surface area contributed by atoms with E-state index in [0.717, 1.165) is 5.56 Å². The van der Waals surface area contributed by atoms with Crippen molar-refractivity contribution in [2.75, 3.05) is 5.32 Å². The van der Waals surface area contributed by atoms with Crippen LogP contribution in [0.3, 0.4) is 0 Å². The number of carbonyl (C=O) groups excluding carboxylic acids is 1. The quantitative estimate of drug-likeness (QED) is 0.770. The van der Waals surface area contributed by atoms with Crippen LogP contribution in [0.2, 0.25) is 0 Å². The van der Waals surface area contributed by atoms with Gasteiger partial charge in [-0.2, -0.15) is 8.78 Å². The van der Waals surface area contributed by atoms with E-state index in [1.54, 1.807) is 24.3 Å². The van der Waals surface area contributed by atoms with Crippen LogP contribution >= 0.6 is 11.8 Å². The summed E-state index contributed by atoms with van der Waals surface area (Å²) in [5, 5.41) is 5.39. The largest absolute Gasteiger partial charge is 0.331 e. The Kier molecular flexibility index (Phi) is 5.77. The number of rotatable bonds is 5. The van der Waals surface area contributed by atoms with Crippen molar-refractivity contribution in [2.45, 2.75) is 23.6 Å². The van der Waals surface area contributed by atoms with E-state index < -0.39 is 11.8 Å². The van der Waals surface area contributed by atoms with Crippen LogP contribution in [0.1, 0.15) is 18.5 Å². The van der Waals surface area contributed by atoms with Crippen LogP contribution in [0.25, 0.3) is 0 Å². The van der Waals surface area contributed by atoms with E-state index in [1.807, 2.05) is 37.3 Å². The Bertz CT molecular complexity index is 623. The standard InChI is InChI=1S/C16H16F2N2OS/c1-11(12-7-3-2-4-8-12)19-16(21)20-13-9-5-6-10-14(13)22-15(17)18/h2-11,15H,1H3,(H2,19,20,21). The number of urea groups is 1. The van der Waals surface area contributed by atoms with Crippen molar-refractivity contribution in [1.29, 1.82) is 0 Å². The van der Waals surface area contributed by atoms with Crippen LogP contribution in [0, 0.1) is 0 Å². The fourth-order valence-electron chi connectivity index (χ4n) is 1.95. The molecule has 0 aromatic heterocycles. The smallest absolute Gasteiger partial charge is 0.319 e. The van der Waals surface area contributed by atoms with Gasteiger partial charge < -0.3 is 10.6 Å². The van der Waals surface area contributed by atoms with Crippen molar-refractivity contribution >= 4 is 23.5 Å². The van der Waals surface area contributed by atoms with E-state index in [-0.39, 0.29) is 6.04 Å². The van der Waals surface area contributed by atoms with E-state index in [1.165, 1.54) is 0 Å². The van der Waals surface area contributed by atoms with Crippen molar-refractivity contribution in [2.24, 2.45) is 0 Å². The maximum Gasteiger partial charge on any atom is 0.319 e. The molecule has 6 heteroatoms. The first kappa shape index (κ1) is 16.3. The summed E-state index contributed by atoms with van der Waals surface area (Å²) in [4.78, 5) is 12.3. The van der Waals surface area contributed by atoms with Crippen LogP contribution in [-0.2, 0) is 0 Å². The number of carbonyl (C=O) groups is 1. The van der Waals surface area contributed by atoms with Crippen molar-refractivity contribution in [3.63, 3.8) is 0 Å². The minimum absolute atomic E-state index is 0.184. The van der Waals surface area contributed by atoms with Gasteiger partial charge in [-0.1, -0.05) is 54.2 Å². The van der Waals surface area contributed by atoms with Gasteiger partial charge in [0, 0.05) is 4.90 Å². The molecule has 0 saturated carbocycles. The second kappa shape index (κ2) is 7.79. The number of benzene rings is 2. The number of alkyl halides is 2. The number of para-hydroxylation sites is 1. The van der Waals surface area contributed by atoms with Crippen molar-refractivity contribution < 1.29 is 13.6 Å². The number of amides is 2. The third-order valence-electron chi connectivity index (χ3n) is 3.00. The van der Waals surface area contributed by atoms with Gasteiger partial charge in [0.05, 0.1) is 11.7 Å². The molecule has 0 fully saturated rings. The summed E-state index contributed by atoms with van der Waals surface area (Å²) in [6, 6.07) is 15.4. The van der Waals surface area contributed by atoms with E-state index in [9.17, 15) is 13.6 Å². The molecule has 0 radical (unpaired) electrons. The van der Waals surface area contributed by atoms with Crippen molar-refractivity contribution in [3.05, 3.63) is 60.2 Å². The van der Waals surface area contributed by atoms with Gasteiger partial charge in [0.1, 0.15) is 0 Å². The van der Waals surface area contributed by atoms with E-state index >= 15 is 0 Å². The molecular formula is C16H16F2N2OS. The Labute approximate surface area is 132 Å². The monoisotopic (exact) mass is 322 g/mol. The molecule has 2 aromatic rings. The highest BCUT2D eigenvalue weighted by Crippen LogP contribution is 2.31. The SMILES string of the molecule is CC(NC(=O)Nc1ccccc1SC(F)F)c1ccccc1. The lowest BCUT2D eigenvalue weighted by Crippen LogP contribution is -2.31. The zero-order chi connectivity index (χ0) is 15.9. The molecule has 0 bridgehead atoms. The fourth-order valence-corrected chi connectivity index (χ4v) is 2.54. The topological polar surface area (TPSA) is 41.1 Å². The van der Waals surface area contributed by atoms with Gasteiger partial charge in [0.2, 0.25) is 0 Å². The number of nitrogens with one attached hydrogen (secondary N) is 2. The van der Waals surface area contributed by atoms with Gasteiger partial charge in [-0.15, -0.1) is 0 Å². The normalized spacial score (nSPS) is 12.0. The molecule has 0 aliphatic rings. The molecule has 2 rings (SSSR count). The highest BCUT2D eigenvalue weighted by atomic mass is 32.2. The second-order valence-electron chi connectivity index (χ2n) is 4.61. The van der Waals surface area contributed by atoms with Crippen LogP contribution in [0.5, 0.6) is 0 Å². The van der Waals surface area contributed by atoms with Gasteiger partial charge >= 0.3 is 6.03 Å². The molecule has 0 aliphatic heterocycles. The predicted octanol–water partition coefficient (Wildman–Crippen LogP) is 4.88. The van der Waals surface area contributed by atoms with Crippen LogP contribution < -0.4 is 10.6 Å². The lowest BCUT2D eigenvalue weighted by Gasteiger charge is -2.16. The Balaban J connectivity index is 2.00. The maximum absolute atomic E-state index is 12.5. The summed E-state index contributed by atoms with van der Waals surface area (Å²) in [5.74, 6) is -2.53. The zero-order valence-electron chi connectivity index (χ0n) is 11.9. The van der Waals surface area contributed by atoms with Gasteiger partial charge in [0.15, 0.2) is 0 Å². The lowest BCUT2D eigenvalue weighted by molar-refractivity contribution is 0.249. The molecule has 22 heavy (non-hydrogen) atoms. The first-order valence-electron chi connectivity index (χ1n) is 6.72. The molecule has 0 spiro atoms. The predicted molar refractivity (Wildman–Crippen MR) is 85.3 cm³/mol. The van der Waals surface area contributed by atoms with Gasteiger partial charge in [-0.3, -0.25) is 0 Å².